The molecule has 10 heteroatoms. The highest BCUT2D eigenvalue weighted by Gasteiger charge is 2.29. The second kappa shape index (κ2) is 14.2. The molecule has 2 aromatic carbocycles. The smallest absolute Gasteiger partial charge is 0.330 e. The van der Waals surface area contributed by atoms with Gasteiger partial charge in [-0.2, -0.15) is 0 Å². The van der Waals surface area contributed by atoms with Crippen molar-refractivity contribution in [3.63, 3.8) is 0 Å². The molecule has 0 unspecified atom stereocenters. The Kier molecular flexibility index (Phi) is 11.7. The van der Waals surface area contributed by atoms with Crippen LogP contribution in [0.4, 0.5) is 0 Å². The average molecular weight is 561 g/mol. The molecule has 0 aliphatic heterocycles. The number of rotatable bonds is 11. The van der Waals surface area contributed by atoms with E-state index in [-0.39, 0.29) is 11.5 Å². The predicted molar refractivity (Wildman–Crippen MR) is 152 cm³/mol. The Balaban J connectivity index is 2.06. The molecule has 0 fully saturated rings. The first kappa shape index (κ1) is 31.2. The van der Waals surface area contributed by atoms with Gasteiger partial charge in [0.2, 0.25) is 0 Å². The minimum absolute atomic E-state index is 0.186. The largest absolute Gasteiger partial charge is 0.458 e. The van der Waals surface area contributed by atoms with Crippen LogP contribution in [0.25, 0.3) is 0 Å². The lowest BCUT2D eigenvalue weighted by molar-refractivity contribution is -0.157. The summed E-state index contributed by atoms with van der Waals surface area (Å²) < 4.78 is 11.0. The van der Waals surface area contributed by atoms with E-state index in [1.165, 1.54) is 21.6 Å². The van der Waals surface area contributed by atoms with Gasteiger partial charge in [-0.05, 0) is 65.8 Å². The van der Waals surface area contributed by atoms with Gasteiger partial charge in [0.15, 0.2) is 0 Å². The summed E-state index contributed by atoms with van der Waals surface area (Å²) in [5.74, 6) is -1.54. The van der Waals surface area contributed by atoms with E-state index < -0.39 is 47.0 Å². The summed E-state index contributed by atoms with van der Waals surface area (Å²) in [5.41, 5.74) is -0.609. The van der Waals surface area contributed by atoms with Crippen LogP contribution in [0.3, 0.4) is 0 Å². The lowest BCUT2D eigenvalue weighted by Gasteiger charge is -2.25. The third-order valence-electron chi connectivity index (χ3n) is 4.62. The quantitative estimate of drug-likeness (QED) is 0.232. The molecule has 2 aromatic rings. The molecule has 0 saturated carbocycles. The maximum Gasteiger partial charge on any atom is 0.330 e. The van der Waals surface area contributed by atoms with E-state index in [4.69, 9.17) is 9.47 Å². The fraction of sp³-hybridized carbons (Fsp3) is 0.429. The average Bonchev–Trinajstić information content (AvgIpc) is 2.83. The standard InChI is InChI=1S/C28H36N2O6S2/c1-27(2,3)35-25(33)21(29-23(31)19-13-9-7-10-14-19)17-37-38-18-22(26(34)36-28(4,5)6)30-24(32)20-15-11-8-12-16-20/h7-16,21-22H,17-18H2,1-6H3,(H,29,31)(H,30,32)/t21-,22-/m1/s1. The molecule has 0 spiro atoms. The van der Waals surface area contributed by atoms with Gasteiger partial charge in [0, 0.05) is 22.6 Å². The maximum absolute atomic E-state index is 12.8. The second-order valence-electron chi connectivity index (χ2n) is 10.4. The number of benzene rings is 2. The first-order valence-electron chi connectivity index (χ1n) is 12.2. The fourth-order valence-corrected chi connectivity index (χ4v) is 5.27. The van der Waals surface area contributed by atoms with E-state index >= 15 is 0 Å². The van der Waals surface area contributed by atoms with Crippen LogP contribution in [0.1, 0.15) is 62.3 Å². The van der Waals surface area contributed by atoms with Crippen molar-refractivity contribution in [2.24, 2.45) is 0 Å². The topological polar surface area (TPSA) is 111 Å². The summed E-state index contributed by atoms with van der Waals surface area (Å²) in [5, 5.41) is 5.48. The number of nitrogens with one attached hydrogen (secondary N) is 2. The van der Waals surface area contributed by atoms with Crippen molar-refractivity contribution in [1.82, 2.24) is 10.6 Å². The lowest BCUT2D eigenvalue weighted by Crippen LogP contribution is -2.46. The van der Waals surface area contributed by atoms with E-state index in [9.17, 15) is 19.2 Å². The summed E-state index contributed by atoms with van der Waals surface area (Å²) in [7, 11) is 2.56. The minimum Gasteiger partial charge on any atom is -0.458 e. The molecule has 2 amide bonds. The van der Waals surface area contributed by atoms with Crippen LogP contribution in [0.5, 0.6) is 0 Å². The van der Waals surface area contributed by atoms with Crippen molar-refractivity contribution < 1.29 is 28.7 Å². The Morgan fingerprint density at radius 2 is 0.947 bits per heavy atom. The highest BCUT2D eigenvalue weighted by atomic mass is 33.1. The van der Waals surface area contributed by atoms with Gasteiger partial charge in [-0.1, -0.05) is 58.0 Å². The van der Waals surface area contributed by atoms with E-state index in [0.29, 0.717) is 11.1 Å². The van der Waals surface area contributed by atoms with Crippen molar-refractivity contribution >= 4 is 45.3 Å². The zero-order chi connectivity index (χ0) is 28.3. The highest BCUT2D eigenvalue weighted by molar-refractivity contribution is 8.76. The number of amides is 2. The molecule has 0 aromatic heterocycles. The molecule has 0 bridgehead atoms. The molecule has 0 aliphatic rings. The number of hydrogen-bond acceptors (Lipinski definition) is 8. The Bertz CT molecular complexity index is 995. The van der Waals surface area contributed by atoms with Gasteiger partial charge in [-0.15, -0.1) is 0 Å². The van der Waals surface area contributed by atoms with Crippen LogP contribution in [-0.2, 0) is 19.1 Å². The number of esters is 2. The number of carbonyl (C=O) groups excluding carboxylic acids is 4. The van der Waals surface area contributed by atoms with Gasteiger partial charge < -0.3 is 20.1 Å². The summed E-state index contributed by atoms with van der Waals surface area (Å²) in [6, 6.07) is 15.3. The van der Waals surface area contributed by atoms with Crippen LogP contribution >= 0.6 is 21.6 Å². The van der Waals surface area contributed by atoms with Gasteiger partial charge >= 0.3 is 11.9 Å². The Labute approximate surface area is 232 Å². The number of hydrogen-bond donors (Lipinski definition) is 2. The number of ether oxygens (including phenoxy) is 2. The molecule has 0 heterocycles. The molecule has 2 atom stereocenters. The third-order valence-corrected chi connectivity index (χ3v) is 7.04. The molecule has 0 radical (unpaired) electrons. The molecule has 38 heavy (non-hydrogen) atoms. The summed E-state index contributed by atoms with van der Waals surface area (Å²) in [4.78, 5) is 51.1. The molecule has 0 aliphatic carbocycles. The first-order chi connectivity index (χ1) is 17.7. The lowest BCUT2D eigenvalue weighted by atomic mass is 10.2. The molecule has 2 N–H and O–H groups in total. The van der Waals surface area contributed by atoms with E-state index in [2.05, 4.69) is 10.6 Å². The van der Waals surface area contributed by atoms with E-state index in [1.807, 2.05) is 0 Å². The molecular weight excluding hydrogens is 524 g/mol. The monoisotopic (exact) mass is 560 g/mol. The molecule has 8 nitrogen and oxygen atoms in total. The predicted octanol–water partition coefficient (Wildman–Crippen LogP) is 4.65. The second-order valence-corrected chi connectivity index (χ2v) is 13.0. The van der Waals surface area contributed by atoms with Crippen LogP contribution < -0.4 is 10.6 Å². The first-order valence-corrected chi connectivity index (χ1v) is 14.7. The Hall–Kier alpha value is -2.98. The summed E-state index contributed by atoms with van der Waals surface area (Å²) in [6.07, 6.45) is 0. The molecule has 0 saturated heterocycles. The van der Waals surface area contributed by atoms with Crippen LogP contribution in [0.2, 0.25) is 0 Å². The van der Waals surface area contributed by atoms with Gasteiger partial charge in [0.25, 0.3) is 11.8 Å². The fourth-order valence-electron chi connectivity index (χ4n) is 2.98. The van der Waals surface area contributed by atoms with Crippen LogP contribution in [0, 0.1) is 0 Å². The van der Waals surface area contributed by atoms with Crippen LogP contribution in [-0.4, -0.2) is 58.5 Å². The third kappa shape index (κ3) is 11.6. The van der Waals surface area contributed by atoms with Crippen molar-refractivity contribution in [2.45, 2.75) is 64.8 Å². The Morgan fingerprint density at radius 3 is 1.24 bits per heavy atom. The molecular formula is C28H36N2O6S2. The van der Waals surface area contributed by atoms with Gasteiger partial charge in [0.05, 0.1) is 0 Å². The number of carbonyl (C=O) groups is 4. The van der Waals surface area contributed by atoms with Crippen molar-refractivity contribution in [1.29, 1.82) is 0 Å². The Morgan fingerprint density at radius 1 is 0.632 bits per heavy atom. The van der Waals surface area contributed by atoms with Crippen LogP contribution in [0.15, 0.2) is 60.7 Å². The zero-order valence-corrected chi connectivity index (χ0v) is 24.2. The van der Waals surface area contributed by atoms with Gasteiger partial charge in [-0.3, -0.25) is 9.59 Å². The summed E-state index contributed by atoms with van der Waals surface area (Å²) in [6.45, 7) is 10.5. The van der Waals surface area contributed by atoms with Crippen molar-refractivity contribution in [3.8, 4) is 0 Å². The van der Waals surface area contributed by atoms with Crippen molar-refractivity contribution in [2.75, 3.05) is 11.5 Å². The minimum atomic E-state index is -0.918. The molecule has 206 valence electrons. The van der Waals surface area contributed by atoms with Crippen molar-refractivity contribution in [3.05, 3.63) is 71.8 Å². The maximum atomic E-state index is 12.8. The van der Waals surface area contributed by atoms with Gasteiger partial charge in [-0.25, -0.2) is 9.59 Å². The molecule has 2 rings (SSSR count). The van der Waals surface area contributed by atoms with E-state index in [0.717, 1.165) is 0 Å². The van der Waals surface area contributed by atoms with E-state index in [1.54, 1.807) is 102 Å². The summed E-state index contributed by atoms with van der Waals surface area (Å²) >= 11 is 0. The van der Waals surface area contributed by atoms with Gasteiger partial charge in [0.1, 0.15) is 23.3 Å². The highest BCUT2D eigenvalue weighted by Crippen LogP contribution is 2.25. The normalized spacial score (nSPS) is 13.1. The SMILES string of the molecule is CC(C)(C)OC(=O)[C@@H](CSSC[C@@H](NC(=O)c1ccccc1)C(=O)OC(C)(C)C)NC(=O)c1ccccc1. The zero-order valence-electron chi connectivity index (χ0n) is 22.6.